The van der Waals surface area contributed by atoms with E-state index in [-0.39, 0.29) is 24.8 Å². The van der Waals surface area contributed by atoms with Gasteiger partial charge in [-0.1, -0.05) is 114 Å². The number of nitrogens with two attached hydrogens (primary N) is 1. The molecular formula is C36H56FN5O3S. The van der Waals surface area contributed by atoms with Crippen molar-refractivity contribution in [2.75, 3.05) is 26.2 Å². The lowest BCUT2D eigenvalue weighted by atomic mass is 10.0. The summed E-state index contributed by atoms with van der Waals surface area (Å²) in [4.78, 5) is 24.9. The fourth-order valence-corrected chi connectivity index (χ4v) is 4.67. The topological polar surface area (TPSA) is 120 Å². The van der Waals surface area contributed by atoms with Gasteiger partial charge in [0, 0.05) is 19.6 Å². The Kier molecular flexibility index (Phi) is 23.8. The molecule has 0 spiro atoms. The standard InChI is InChI=1S/C29H39FN4O3S.C4H10.C3H7N/c1-4-5-14-38-34(20-22(2)3)21-27(35)26(16-23-10-7-6-8-11-23)33-29(37)19-32-28(36)18-31-17-24-12-9-13-25(30)15-24;1-4(2)3;1-3(2)4/h4-15,22,26-27,31,35H,1,16-21H2,2-3H3,(H,32,36)(H,33,37);4H,1-3H3;1,4H2,2H3/b14-5+;;. The number of nitrogens with one attached hydrogen (secondary N) is 3. The Labute approximate surface area is 280 Å². The maximum absolute atomic E-state index is 13.3. The third-order valence-electron chi connectivity index (χ3n) is 5.44. The molecule has 0 aromatic heterocycles. The molecule has 0 heterocycles. The fraction of sp³-hybridized carbons (Fsp3) is 0.444. The van der Waals surface area contributed by atoms with Crippen LogP contribution in [0.2, 0.25) is 0 Å². The number of carbonyl (C=O) groups excluding carboxylic acids is 2. The first-order valence-corrected chi connectivity index (χ1v) is 16.4. The van der Waals surface area contributed by atoms with Crippen LogP contribution in [0, 0.1) is 17.7 Å². The van der Waals surface area contributed by atoms with E-state index in [1.807, 2.05) is 41.8 Å². The summed E-state index contributed by atoms with van der Waals surface area (Å²) in [7, 11) is 0. The van der Waals surface area contributed by atoms with Crippen LogP contribution in [0.3, 0.4) is 0 Å². The molecule has 8 nitrogen and oxygen atoms in total. The Morgan fingerprint density at radius 3 is 2.17 bits per heavy atom. The van der Waals surface area contributed by atoms with E-state index >= 15 is 0 Å². The number of rotatable bonds is 17. The van der Waals surface area contributed by atoms with Gasteiger partial charge in [0.15, 0.2) is 0 Å². The van der Waals surface area contributed by atoms with Gasteiger partial charge in [0.1, 0.15) is 5.82 Å². The minimum absolute atomic E-state index is 0.0144. The van der Waals surface area contributed by atoms with Crippen LogP contribution >= 0.6 is 11.9 Å². The summed E-state index contributed by atoms with van der Waals surface area (Å²) in [5.41, 5.74) is 7.29. The van der Waals surface area contributed by atoms with Crippen LogP contribution < -0.4 is 21.7 Å². The second-order valence-electron chi connectivity index (χ2n) is 11.9. The van der Waals surface area contributed by atoms with Crippen LogP contribution in [0.4, 0.5) is 4.39 Å². The lowest BCUT2D eigenvalue weighted by molar-refractivity contribution is -0.126. The molecule has 2 atom stereocenters. The van der Waals surface area contributed by atoms with Gasteiger partial charge in [0.05, 0.1) is 25.2 Å². The second kappa shape index (κ2) is 25.7. The van der Waals surface area contributed by atoms with E-state index in [1.54, 1.807) is 25.1 Å². The van der Waals surface area contributed by atoms with Gasteiger partial charge in [-0.3, -0.25) is 9.59 Å². The largest absolute Gasteiger partial charge is 0.403 e. The number of hydrogen-bond acceptors (Lipinski definition) is 7. The minimum Gasteiger partial charge on any atom is -0.403 e. The molecule has 0 fully saturated rings. The lowest BCUT2D eigenvalue weighted by Gasteiger charge is -2.30. The maximum atomic E-state index is 13.3. The van der Waals surface area contributed by atoms with Crippen LogP contribution in [-0.2, 0) is 22.6 Å². The molecule has 0 radical (unpaired) electrons. The number of aliphatic hydroxyl groups is 1. The third kappa shape index (κ3) is 24.8. The van der Waals surface area contributed by atoms with Crippen molar-refractivity contribution in [1.82, 2.24) is 20.3 Å². The molecule has 2 amide bonds. The van der Waals surface area contributed by atoms with Gasteiger partial charge in [0.25, 0.3) is 0 Å². The molecular weight excluding hydrogens is 601 g/mol. The van der Waals surface area contributed by atoms with Gasteiger partial charge >= 0.3 is 0 Å². The molecule has 6 N–H and O–H groups in total. The summed E-state index contributed by atoms with van der Waals surface area (Å²) in [6.07, 6.45) is 3.13. The first kappa shape index (κ1) is 42.6. The average molecular weight is 658 g/mol. The zero-order valence-electron chi connectivity index (χ0n) is 28.5. The van der Waals surface area contributed by atoms with Gasteiger partial charge in [-0.15, -0.1) is 0 Å². The van der Waals surface area contributed by atoms with Crippen molar-refractivity contribution >= 4 is 23.8 Å². The van der Waals surface area contributed by atoms with Crippen LogP contribution in [0.15, 0.2) is 91.0 Å². The smallest absolute Gasteiger partial charge is 0.239 e. The number of nitrogens with zero attached hydrogens (tertiary/aromatic N) is 1. The monoisotopic (exact) mass is 657 g/mol. The molecule has 0 aliphatic carbocycles. The molecule has 0 saturated carbocycles. The number of halogens is 1. The van der Waals surface area contributed by atoms with Crippen LogP contribution in [-0.4, -0.2) is 59.6 Å². The van der Waals surface area contributed by atoms with Gasteiger partial charge in [-0.05, 0) is 59.5 Å². The Balaban J connectivity index is 0.00000226. The second-order valence-corrected chi connectivity index (χ2v) is 12.9. The highest BCUT2D eigenvalue weighted by molar-refractivity contribution is 7.99. The first-order valence-electron chi connectivity index (χ1n) is 15.6. The van der Waals surface area contributed by atoms with E-state index in [2.05, 4.69) is 68.0 Å². The molecule has 256 valence electrons. The predicted octanol–water partition coefficient (Wildman–Crippen LogP) is 5.57. The number of benzene rings is 2. The summed E-state index contributed by atoms with van der Waals surface area (Å²) >= 11 is 1.49. The molecule has 0 aliphatic rings. The molecule has 2 aromatic carbocycles. The Morgan fingerprint density at radius 1 is 1.00 bits per heavy atom. The molecule has 2 unspecified atom stereocenters. The van der Waals surface area contributed by atoms with E-state index < -0.39 is 18.1 Å². The quantitative estimate of drug-likeness (QED) is 0.112. The Bertz CT molecular complexity index is 1170. The summed E-state index contributed by atoms with van der Waals surface area (Å²) in [6.45, 7) is 20.7. The van der Waals surface area contributed by atoms with Crippen LogP contribution in [0.5, 0.6) is 0 Å². The summed E-state index contributed by atoms with van der Waals surface area (Å²) in [5.74, 6) is 0.138. The van der Waals surface area contributed by atoms with Gasteiger partial charge < -0.3 is 26.8 Å². The number of aliphatic hydroxyl groups excluding tert-OH is 1. The number of carbonyl (C=O) groups is 2. The zero-order chi connectivity index (χ0) is 34.9. The predicted molar refractivity (Wildman–Crippen MR) is 192 cm³/mol. The number of hydrogen-bond donors (Lipinski definition) is 5. The maximum Gasteiger partial charge on any atom is 0.239 e. The fourth-order valence-electron chi connectivity index (χ4n) is 3.70. The van der Waals surface area contributed by atoms with Crippen LogP contribution in [0.25, 0.3) is 0 Å². The van der Waals surface area contributed by atoms with E-state index in [0.717, 1.165) is 23.6 Å². The van der Waals surface area contributed by atoms with Crippen molar-refractivity contribution < 1.29 is 19.1 Å². The lowest BCUT2D eigenvalue weighted by Crippen LogP contribution is -2.51. The van der Waals surface area contributed by atoms with Crippen molar-refractivity contribution in [3.63, 3.8) is 0 Å². The molecule has 0 saturated heterocycles. The summed E-state index contributed by atoms with van der Waals surface area (Å²) in [5, 5.41) is 21.5. The normalized spacial score (nSPS) is 12.1. The van der Waals surface area contributed by atoms with Gasteiger partial charge in [-0.25, -0.2) is 8.70 Å². The number of allylic oxidation sites excluding steroid dienone is 3. The Hall–Kier alpha value is -3.44. The number of amides is 2. The van der Waals surface area contributed by atoms with Crippen molar-refractivity contribution in [3.8, 4) is 0 Å². The van der Waals surface area contributed by atoms with Gasteiger partial charge in [0.2, 0.25) is 11.8 Å². The van der Waals surface area contributed by atoms with Crippen molar-refractivity contribution in [3.05, 3.63) is 108 Å². The molecule has 0 aliphatic heterocycles. The van der Waals surface area contributed by atoms with E-state index in [4.69, 9.17) is 5.73 Å². The first-order chi connectivity index (χ1) is 21.7. The van der Waals surface area contributed by atoms with Gasteiger partial charge in [-0.2, -0.15) is 0 Å². The van der Waals surface area contributed by atoms with E-state index in [1.165, 1.54) is 24.1 Å². The van der Waals surface area contributed by atoms with E-state index in [9.17, 15) is 19.1 Å². The van der Waals surface area contributed by atoms with Crippen molar-refractivity contribution in [2.24, 2.45) is 17.6 Å². The molecule has 2 rings (SSSR count). The third-order valence-corrected chi connectivity index (χ3v) is 6.32. The Morgan fingerprint density at radius 2 is 1.61 bits per heavy atom. The molecule has 0 bridgehead atoms. The highest BCUT2D eigenvalue weighted by Crippen LogP contribution is 2.17. The summed E-state index contributed by atoms with van der Waals surface area (Å²) < 4.78 is 15.3. The van der Waals surface area contributed by atoms with Crippen LogP contribution in [0.1, 0.15) is 52.7 Å². The highest BCUT2D eigenvalue weighted by atomic mass is 32.2. The van der Waals surface area contributed by atoms with E-state index in [0.29, 0.717) is 31.1 Å². The minimum atomic E-state index is -0.842. The van der Waals surface area contributed by atoms with Crippen molar-refractivity contribution in [2.45, 2.75) is 66.7 Å². The molecule has 46 heavy (non-hydrogen) atoms. The van der Waals surface area contributed by atoms with Crippen molar-refractivity contribution in [1.29, 1.82) is 0 Å². The highest BCUT2D eigenvalue weighted by Gasteiger charge is 2.25. The SMILES string of the molecule is C=C(C)N.C=C/C=C/SN(CC(C)C)CC(O)C(Cc1ccccc1)NC(=O)CNC(=O)CNCc1cccc(F)c1.CC(C)C. The molecule has 2 aromatic rings. The summed E-state index contributed by atoms with van der Waals surface area (Å²) in [6, 6.07) is 15.2. The molecule has 10 heteroatoms. The average Bonchev–Trinajstić information content (AvgIpc) is 2.95. The zero-order valence-corrected chi connectivity index (χ0v) is 29.3.